The summed E-state index contributed by atoms with van der Waals surface area (Å²) in [5.41, 5.74) is 2.37. The van der Waals surface area contributed by atoms with Crippen LogP contribution in [-0.2, 0) is 6.42 Å². The fraction of sp³-hybridized carbons (Fsp3) is 0.250. The third-order valence-corrected chi connectivity index (χ3v) is 4.33. The van der Waals surface area contributed by atoms with E-state index in [1.165, 1.54) is 5.56 Å². The van der Waals surface area contributed by atoms with Crippen molar-refractivity contribution in [3.63, 3.8) is 0 Å². The number of benzene rings is 2. The summed E-state index contributed by atoms with van der Waals surface area (Å²) in [6, 6.07) is 14.1. The monoisotopic (exact) mass is 371 g/mol. The van der Waals surface area contributed by atoms with Crippen LogP contribution in [0.25, 0.3) is 0 Å². The van der Waals surface area contributed by atoms with Gasteiger partial charge in [-0.2, -0.15) is 0 Å². The summed E-state index contributed by atoms with van der Waals surface area (Å²) in [4.78, 5) is 0. The first-order chi connectivity index (χ1) is 9.60. The minimum absolute atomic E-state index is 0.190. The zero-order chi connectivity index (χ0) is 14.5. The largest absolute Gasteiger partial charge is 0.310 e. The maximum atomic E-state index is 6.11. The molecule has 0 radical (unpaired) electrons. The van der Waals surface area contributed by atoms with E-state index in [2.05, 4.69) is 40.3 Å². The molecule has 2 aromatic rings. The van der Waals surface area contributed by atoms with Gasteiger partial charge in [-0.3, -0.25) is 0 Å². The van der Waals surface area contributed by atoms with Gasteiger partial charge in [0.2, 0.25) is 0 Å². The van der Waals surface area contributed by atoms with Crippen LogP contribution in [0, 0.1) is 0 Å². The molecule has 0 aliphatic heterocycles. The number of hydrogen-bond acceptors (Lipinski definition) is 1. The van der Waals surface area contributed by atoms with E-state index in [-0.39, 0.29) is 6.04 Å². The predicted molar refractivity (Wildman–Crippen MR) is 90.7 cm³/mol. The first-order valence-corrected chi connectivity index (χ1v) is 8.08. The molecule has 0 aromatic heterocycles. The molecule has 1 unspecified atom stereocenters. The molecule has 0 bridgehead atoms. The standard InChI is InChI=1S/C16H16BrCl2N/c1-2-20-16(9-11-5-3-4-6-15(11)17)12-7-13(18)10-14(19)8-12/h3-8,10,16,20H,2,9H2,1H3. The first kappa shape index (κ1) is 15.8. The molecule has 4 heteroatoms. The average Bonchev–Trinajstić information content (AvgIpc) is 2.39. The maximum Gasteiger partial charge on any atom is 0.0424 e. The Balaban J connectivity index is 2.29. The highest BCUT2D eigenvalue weighted by atomic mass is 79.9. The lowest BCUT2D eigenvalue weighted by molar-refractivity contribution is 0.549. The molecule has 0 amide bonds. The predicted octanol–water partition coefficient (Wildman–Crippen LogP) is 5.65. The van der Waals surface area contributed by atoms with Crippen LogP contribution in [0.5, 0.6) is 0 Å². The summed E-state index contributed by atoms with van der Waals surface area (Å²) in [6.45, 7) is 2.98. The molecule has 1 nitrogen and oxygen atoms in total. The van der Waals surface area contributed by atoms with E-state index in [0.717, 1.165) is 23.0 Å². The molecular weight excluding hydrogens is 357 g/mol. The molecule has 0 fully saturated rings. The molecule has 0 spiro atoms. The summed E-state index contributed by atoms with van der Waals surface area (Å²) >= 11 is 15.8. The smallest absolute Gasteiger partial charge is 0.0424 e. The lowest BCUT2D eigenvalue weighted by Gasteiger charge is -2.20. The number of hydrogen-bond donors (Lipinski definition) is 1. The van der Waals surface area contributed by atoms with Crippen LogP contribution in [0.15, 0.2) is 46.9 Å². The Kier molecular flexibility index (Phi) is 5.91. The lowest BCUT2D eigenvalue weighted by atomic mass is 9.99. The van der Waals surface area contributed by atoms with Crippen molar-refractivity contribution >= 4 is 39.1 Å². The molecular formula is C16H16BrCl2N. The van der Waals surface area contributed by atoms with Crippen LogP contribution in [0.2, 0.25) is 10.0 Å². The van der Waals surface area contributed by atoms with Crippen LogP contribution < -0.4 is 5.32 Å². The van der Waals surface area contributed by atoms with E-state index in [1.54, 1.807) is 6.07 Å². The Bertz CT molecular complexity index is 566. The van der Waals surface area contributed by atoms with Gasteiger partial charge in [0, 0.05) is 20.6 Å². The second kappa shape index (κ2) is 7.46. The van der Waals surface area contributed by atoms with Gasteiger partial charge in [-0.05, 0) is 48.4 Å². The van der Waals surface area contributed by atoms with E-state index in [9.17, 15) is 0 Å². The topological polar surface area (TPSA) is 12.0 Å². The van der Waals surface area contributed by atoms with Gasteiger partial charge in [-0.25, -0.2) is 0 Å². The molecule has 0 saturated carbocycles. The number of nitrogens with one attached hydrogen (secondary N) is 1. The summed E-state index contributed by atoms with van der Waals surface area (Å²) in [5.74, 6) is 0. The van der Waals surface area contributed by atoms with Gasteiger partial charge >= 0.3 is 0 Å². The average molecular weight is 373 g/mol. The molecule has 2 rings (SSSR count). The van der Waals surface area contributed by atoms with E-state index in [1.807, 2.05) is 24.3 Å². The van der Waals surface area contributed by atoms with Gasteiger partial charge in [0.1, 0.15) is 0 Å². The fourth-order valence-electron chi connectivity index (χ4n) is 2.21. The minimum Gasteiger partial charge on any atom is -0.310 e. The van der Waals surface area contributed by atoms with Crippen molar-refractivity contribution in [2.24, 2.45) is 0 Å². The molecule has 0 aliphatic carbocycles. The highest BCUT2D eigenvalue weighted by Gasteiger charge is 2.14. The van der Waals surface area contributed by atoms with Crippen molar-refractivity contribution in [3.8, 4) is 0 Å². The SMILES string of the molecule is CCNC(Cc1ccccc1Br)c1cc(Cl)cc(Cl)c1. The Labute approximate surface area is 138 Å². The van der Waals surface area contributed by atoms with Crippen molar-refractivity contribution in [3.05, 3.63) is 68.1 Å². The van der Waals surface area contributed by atoms with E-state index >= 15 is 0 Å². The zero-order valence-corrected chi connectivity index (χ0v) is 14.3. The molecule has 0 aliphatic rings. The van der Waals surface area contributed by atoms with Gasteiger partial charge in [0.05, 0.1) is 0 Å². The molecule has 1 N–H and O–H groups in total. The summed E-state index contributed by atoms with van der Waals surface area (Å²) in [7, 11) is 0. The van der Waals surface area contributed by atoms with Gasteiger partial charge in [-0.1, -0.05) is 64.3 Å². The van der Waals surface area contributed by atoms with Gasteiger partial charge in [0.25, 0.3) is 0 Å². The highest BCUT2D eigenvalue weighted by Crippen LogP contribution is 2.28. The minimum atomic E-state index is 0.190. The normalized spacial score (nSPS) is 12.4. The number of halogens is 3. The summed E-state index contributed by atoms with van der Waals surface area (Å²) in [6.07, 6.45) is 0.881. The fourth-order valence-corrected chi connectivity index (χ4v) is 3.20. The third-order valence-electron chi connectivity index (χ3n) is 3.12. The second-order valence-corrected chi connectivity index (χ2v) is 6.34. The van der Waals surface area contributed by atoms with Crippen molar-refractivity contribution in [2.75, 3.05) is 6.54 Å². The quantitative estimate of drug-likeness (QED) is 0.714. The van der Waals surface area contributed by atoms with E-state index in [0.29, 0.717) is 10.0 Å². The van der Waals surface area contributed by atoms with Gasteiger partial charge in [0.15, 0.2) is 0 Å². The Morgan fingerprint density at radius 2 is 1.75 bits per heavy atom. The van der Waals surface area contributed by atoms with Crippen molar-refractivity contribution in [1.82, 2.24) is 5.32 Å². The van der Waals surface area contributed by atoms with Gasteiger partial charge < -0.3 is 5.32 Å². The summed E-state index contributed by atoms with van der Waals surface area (Å²) < 4.78 is 1.12. The zero-order valence-electron chi connectivity index (χ0n) is 11.2. The van der Waals surface area contributed by atoms with Crippen LogP contribution in [0.3, 0.4) is 0 Å². The van der Waals surface area contributed by atoms with E-state index in [4.69, 9.17) is 23.2 Å². The molecule has 0 heterocycles. The first-order valence-electron chi connectivity index (χ1n) is 6.53. The maximum absolute atomic E-state index is 6.11. The lowest BCUT2D eigenvalue weighted by Crippen LogP contribution is -2.23. The molecule has 0 saturated heterocycles. The molecule has 20 heavy (non-hydrogen) atoms. The molecule has 1 atom stereocenters. The molecule has 106 valence electrons. The molecule has 2 aromatic carbocycles. The number of rotatable bonds is 5. The van der Waals surface area contributed by atoms with Crippen molar-refractivity contribution in [2.45, 2.75) is 19.4 Å². The van der Waals surface area contributed by atoms with Crippen LogP contribution >= 0.6 is 39.1 Å². The van der Waals surface area contributed by atoms with Crippen LogP contribution in [0.4, 0.5) is 0 Å². The number of likely N-dealkylation sites (N-methyl/N-ethyl adjacent to an activating group) is 1. The van der Waals surface area contributed by atoms with Gasteiger partial charge in [-0.15, -0.1) is 0 Å². The summed E-state index contributed by atoms with van der Waals surface area (Å²) in [5, 5.41) is 4.83. The van der Waals surface area contributed by atoms with Crippen molar-refractivity contribution < 1.29 is 0 Å². The van der Waals surface area contributed by atoms with Crippen LogP contribution in [-0.4, -0.2) is 6.54 Å². The highest BCUT2D eigenvalue weighted by molar-refractivity contribution is 9.10. The van der Waals surface area contributed by atoms with Crippen LogP contribution in [0.1, 0.15) is 24.1 Å². The third kappa shape index (κ3) is 4.23. The Hall–Kier alpha value is -0.540. The Morgan fingerprint density at radius 1 is 1.10 bits per heavy atom. The Morgan fingerprint density at radius 3 is 2.35 bits per heavy atom. The van der Waals surface area contributed by atoms with Crippen molar-refractivity contribution in [1.29, 1.82) is 0 Å². The second-order valence-electron chi connectivity index (χ2n) is 4.61. The van der Waals surface area contributed by atoms with E-state index < -0.39 is 0 Å².